The summed E-state index contributed by atoms with van der Waals surface area (Å²) in [6.07, 6.45) is 1.92. The minimum absolute atomic E-state index is 0.0943. The highest BCUT2D eigenvalue weighted by Crippen LogP contribution is 2.25. The molecule has 0 radical (unpaired) electrons. The van der Waals surface area contributed by atoms with E-state index in [-0.39, 0.29) is 6.04 Å². The Hall–Kier alpha value is -0.490. The zero-order valence-electron chi connectivity index (χ0n) is 10.6. The van der Waals surface area contributed by atoms with Crippen LogP contribution in [0.15, 0.2) is 6.20 Å². The van der Waals surface area contributed by atoms with E-state index in [9.17, 15) is 0 Å². The lowest BCUT2D eigenvalue weighted by Gasteiger charge is -2.28. The number of thiazole rings is 1. The Balaban J connectivity index is 1.91. The first-order valence-electron chi connectivity index (χ1n) is 6.18. The lowest BCUT2D eigenvalue weighted by Crippen LogP contribution is -2.38. The van der Waals surface area contributed by atoms with Crippen molar-refractivity contribution in [2.45, 2.75) is 25.8 Å². The summed E-state index contributed by atoms with van der Waals surface area (Å²) in [6, 6.07) is 0.0943. The summed E-state index contributed by atoms with van der Waals surface area (Å²) in [4.78, 5) is 8.10. The third kappa shape index (κ3) is 3.48. The van der Waals surface area contributed by atoms with Crippen molar-refractivity contribution in [3.8, 4) is 0 Å². The fourth-order valence-corrected chi connectivity index (χ4v) is 2.90. The predicted molar refractivity (Wildman–Crippen MR) is 70.4 cm³/mol. The van der Waals surface area contributed by atoms with Crippen molar-refractivity contribution in [2.75, 3.05) is 32.8 Å². The lowest BCUT2D eigenvalue weighted by atomic mass is 10.2. The van der Waals surface area contributed by atoms with Crippen LogP contribution < -0.4 is 5.73 Å². The highest BCUT2D eigenvalue weighted by Gasteiger charge is 2.17. The molecule has 0 aliphatic carbocycles. The number of nitrogens with two attached hydrogens (primary N) is 1. The van der Waals surface area contributed by atoms with Crippen molar-refractivity contribution in [1.29, 1.82) is 0 Å². The first kappa shape index (κ1) is 13.0. The first-order valence-corrected chi connectivity index (χ1v) is 6.99. The van der Waals surface area contributed by atoms with E-state index in [1.54, 1.807) is 11.3 Å². The molecule has 0 saturated carbocycles. The Bertz CT molecular complexity index is 347. The molecule has 1 saturated heterocycles. The minimum atomic E-state index is 0.0943. The van der Waals surface area contributed by atoms with E-state index in [1.807, 2.05) is 13.1 Å². The molecule has 2 N–H and O–H groups in total. The monoisotopic (exact) mass is 255 g/mol. The Morgan fingerprint density at radius 3 is 2.76 bits per heavy atom. The Morgan fingerprint density at radius 1 is 1.47 bits per heavy atom. The topological polar surface area (TPSA) is 51.4 Å². The third-order valence-electron chi connectivity index (χ3n) is 3.05. The number of morpholine rings is 1. The largest absolute Gasteiger partial charge is 0.379 e. The standard InChI is InChI=1S/C12H21N3OS/c1-9(8-15-3-5-16-6-4-15)12-14-7-11(17-12)10(2)13/h7,9-10H,3-6,8,13H2,1-2H3. The molecule has 4 nitrogen and oxygen atoms in total. The van der Waals surface area contributed by atoms with Crippen molar-refractivity contribution in [1.82, 2.24) is 9.88 Å². The fraction of sp³-hybridized carbons (Fsp3) is 0.750. The number of aromatic nitrogens is 1. The molecule has 1 aliphatic rings. The molecule has 2 atom stereocenters. The van der Waals surface area contributed by atoms with E-state index in [0.717, 1.165) is 32.8 Å². The highest BCUT2D eigenvalue weighted by molar-refractivity contribution is 7.11. The van der Waals surface area contributed by atoms with Gasteiger partial charge in [-0.3, -0.25) is 4.90 Å². The van der Waals surface area contributed by atoms with E-state index < -0.39 is 0 Å². The molecule has 0 bridgehead atoms. The zero-order chi connectivity index (χ0) is 12.3. The van der Waals surface area contributed by atoms with Gasteiger partial charge < -0.3 is 10.5 Å². The predicted octanol–water partition coefficient (Wildman–Crippen LogP) is 1.60. The van der Waals surface area contributed by atoms with Gasteiger partial charge in [0.05, 0.1) is 18.2 Å². The van der Waals surface area contributed by atoms with Crippen LogP contribution in [-0.2, 0) is 4.74 Å². The van der Waals surface area contributed by atoms with Crippen LogP contribution in [0.4, 0.5) is 0 Å². The summed E-state index contributed by atoms with van der Waals surface area (Å²) in [5.74, 6) is 0.477. The average Bonchev–Trinajstić information content (AvgIpc) is 2.79. The molecule has 2 rings (SSSR count). The first-order chi connectivity index (χ1) is 8.16. The van der Waals surface area contributed by atoms with Crippen molar-refractivity contribution in [3.63, 3.8) is 0 Å². The van der Waals surface area contributed by atoms with Gasteiger partial charge in [0.2, 0.25) is 0 Å². The summed E-state index contributed by atoms with van der Waals surface area (Å²) in [6.45, 7) is 9.09. The third-order valence-corrected chi connectivity index (χ3v) is 4.48. The summed E-state index contributed by atoms with van der Waals surface area (Å²) >= 11 is 1.74. The quantitative estimate of drug-likeness (QED) is 0.888. The van der Waals surface area contributed by atoms with E-state index in [0.29, 0.717) is 5.92 Å². The van der Waals surface area contributed by atoms with E-state index in [1.165, 1.54) is 9.88 Å². The van der Waals surface area contributed by atoms with Crippen LogP contribution in [0, 0.1) is 0 Å². The summed E-state index contributed by atoms with van der Waals surface area (Å²) in [5, 5.41) is 1.20. The molecule has 1 aliphatic heterocycles. The zero-order valence-corrected chi connectivity index (χ0v) is 11.4. The number of hydrogen-bond donors (Lipinski definition) is 1. The smallest absolute Gasteiger partial charge is 0.0969 e. The van der Waals surface area contributed by atoms with E-state index in [2.05, 4.69) is 16.8 Å². The molecule has 96 valence electrons. The molecule has 1 aromatic rings. The molecule has 17 heavy (non-hydrogen) atoms. The van der Waals surface area contributed by atoms with Gasteiger partial charge in [0, 0.05) is 42.7 Å². The maximum atomic E-state index is 5.85. The molecule has 2 heterocycles. The van der Waals surface area contributed by atoms with Crippen LogP contribution in [-0.4, -0.2) is 42.7 Å². The fourth-order valence-electron chi connectivity index (χ4n) is 1.99. The number of nitrogens with zero attached hydrogens (tertiary/aromatic N) is 2. The van der Waals surface area contributed by atoms with E-state index in [4.69, 9.17) is 10.5 Å². The molecule has 2 unspecified atom stereocenters. The van der Waals surface area contributed by atoms with Gasteiger partial charge in [-0.05, 0) is 6.92 Å². The van der Waals surface area contributed by atoms with Gasteiger partial charge in [0.15, 0.2) is 0 Å². The summed E-state index contributed by atoms with van der Waals surface area (Å²) in [7, 11) is 0. The number of ether oxygens (including phenoxy) is 1. The minimum Gasteiger partial charge on any atom is -0.379 e. The van der Waals surface area contributed by atoms with Crippen molar-refractivity contribution in [3.05, 3.63) is 16.1 Å². The molecule has 0 spiro atoms. The second-order valence-electron chi connectivity index (χ2n) is 4.70. The molecular formula is C12H21N3OS. The molecule has 5 heteroatoms. The maximum absolute atomic E-state index is 5.85. The van der Waals surface area contributed by atoms with Crippen LogP contribution >= 0.6 is 11.3 Å². The van der Waals surface area contributed by atoms with Gasteiger partial charge >= 0.3 is 0 Å². The SMILES string of the molecule is CC(N)c1cnc(C(C)CN2CCOCC2)s1. The summed E-state index contributed by atoms with van der Waals surface area (Å²) < 4.78 is 5.35. The maximum Gasteiger partial charge on any atom is 0.0969 e. The van der Waals surface area contributed by atoms with Crippen LogP contribution in [0.25, 0.3) is 0 Å². The molecule has 0 amide bonds. The second-order valence-corrected chi connectivity index (χ2v) is 5.80. The van der Waals surface area contributed by atoms with Gasteiger partial charge in [-0.15, -0.1) is 11.3 Å². The second kappa shape index (κ2) is 5.91. The molecule has 1 aromatic heterocycles. The average molecular weight is 255 g/mol. The van der Waals surface area contributed by atoms with Gasteiger partial charge in [0.25, 0.3) is 0 Å². The van der Waals surface area contributed by atoms with Gasteiger partial charge in [-0.25, -0.2) is 4.98 Å². The van der Waals surface area contributed by atoms with Crippen LogP contribution in [0.1, 0.15) is 35.7 Å². The van der Waals surface area contributed by atoms with Gasteiger partial charge in [-0.2, -0.15) is 0 Å². The van der Waals surface area contributed by atoms with Gasteiger partial charge in [-0.1, -0.05) is 6.92 Å². The van der Waals surface area contributed by atoms with Crippen molar-refractivity contribution >= 4 is 11.3 Å². The van der Waals surface area contributed by atoms with Crippen LogP contribution in [0.3, 0.4) is 0 Å². The Labute approximate surface area is 107 Å². The Kier molecular flexibility index (Phi) is 4.50. The van der Waals surface area contributed by atoms with Crippen LogP contribution in [0.2, 0.25) is 0 Å². The lowest BCUT2D eigenvalue weighted by molar-refractivity contribution is 0.0357. The van der Waals surface area contributed by atoms with Crippen molar-refractivity contribution in [2.24, 2.45) is 5.73 Å². The molecule has 0 aromatic carbocycles. The van der Waals surface area contributed by atoms with Crippen molar-refractivity contribution < 1.29 is 4.74 Å². The van der Waals surface area contributed by atoms with E-state index >= 15 is 0 Å². The molecular weight excluding hydrogens is 234 g/mol. The van der Waals surface area contributed by atoms with Gasteiger partial charge in [0.1, 0.15) is 0 Å². The number of hydrogen-bond acceptors (Lipinski definition) is 5. The summed E-state index contributed by atoms with van der Waals surface area (Å²) in [5.41, 5.74) is 5.85. The molecule has 1 fully saturated rings. The highest BCUT2D eigenvalue weighted by atomic mass is 32.1. The van der Waals surface area contributed by atoms with Crippen LogP contribution in [0.5, 0.6) is 0 Å². The normalized spacial score (nSPS) is 21.4. The number of rotatable bonds is 4. The Morgan fingerprint density at radius 2 is 2.18 bits per heavy atom.